The topological polar surface area (TPSA) is 67.4 Å². The largest absolute Gasteiger partial charge is 0.445 e. The summed E-state index contributed by atoms with van der Waals surface area (Å²) in [7, 11) is 0. The van der Waals surface area contributed by atoms with Crippen LogP contribution in [0.4, 0.5) is 4.79 Å². The van der Waals surface area contributed by atoms with Crippen LogP contribution in [0.5, 0.6) is 0 Å². The lowest BCUT2D eigenvalue weighted by molar-refractivity contribution is -0.118. The molecule has 5 heteroatoms. The van der Waals surface area contributed by atoms with Crippen LogP contribution in [0.3, 0.4) is 0 Å². The normalized spacial score (nSPS) is 10.9. The van der Waals surface area contributed by atoms with Gasteiger partial charge in [-0.2, -0.15) is 0 Å². The van der Waals surface area contributed by atoms with Crippen LogP contribution in [0.15, 0.2) is 24.3 Å². The van der Waals surface area contributed by atoms with E-state index in [2.05, 4.69) is 31.4 Å². The van der Waals surface area contributed by atoms with Gasteiger partial charge >= 0.3 is 6.09 Å². The summed E-state index contributed by atoms with van der Waals surface area (Å²) < 4.78 is 5.10. The van der Waals surface area contributed by atoms with E-state index in [0.717, 1.165) is 5.56 Å². The monoisotopic (exact) mass is 292 g/mol. The molecule has 1 rings (SSSR count). The Hall–Kier alpha value is -2.04. The molecule has 1 aromatic rings. The van der Waals surface area contributed by atoms with Crippen molar-refractivity contribution in [2.75, 3.05) is 13.1 Å². The fourth-order valence-corrected chi connectivity index (χ4v) is 1.70. The van der Waals surface area contributed by atoms with E-state index < -0.39 is 6.09 Å². The Morgan fingerprint density at radius 3 is 2.14 bits per heavy atom. The lowest BCUT2D eigenvalue weighted by atomic mass is 9.87. The Labute approximate surface area is 126 Å². The third-order valence-corrected chi connectivity index (χ3v) is 2.96. The number of alkyl carbamates (subject to hydrolysis) is 1. The lowest BCUT2D eigenvalue weighted by Gasteiger charge is -2.19. The zero-order valence-corrected chi connectivity index (χ0v) is 13.2. The average molecular weight is 292 g/mol. The maximum absolute atomic E-state index is 11.4. The van der Waals surface area contributed by atoms with Crippen molar-refractivity contribution < 1.29 is 14.3 Å². The molecule has 0 fully saturated rings. The Morgan fingerprint density at radius 2 is 1.62 bits per heavy atom. The number of ether oxygens (including phenoxy) is 1. The molecule has 0 bridgehead atoms. The molecular weight excluding hydrogens is 268 g/mol. The number of amides is 2. The van der Waals surface area contributed by atoms with E-state index in [9.17, 15) is 9.59 Å². The van der Waals surface area contributed by atoms with Gasteiger partial charge in [0.1, 0.15) is 6.61 Å². The summed E-state index contributed by atoms with van der Waals surface area (Å²) in [5, 5.41) is 5.15. The van der Waals surface area contributed by atoms with Gasteiger partial charge in [-0.3, -0.25) is 4.79 Å². The van der Waals surface area contributed by atoms with Crippen LogP contribution in [0.1, 0.15) is 38.8 Å². The lowest BCUT2D eigenvalue weighted by Crippen LogP contribution is -2.33. The molecule has 0 aliphatic carbocycles. The predicted molar refractivity (Wildman–Crippen MR) is 82.0 cm³/mol. The minimum absolute atomic E-state index is 0.112. The first-order chi connectivity index (χ1) is 9.79. The Bertz CT molecular complexity index is 475. The minimum Gasteiger partial charge on any atom is -0.445 e. The van der Waals surface area contributed by atoms with E-state index >= 15 is 0 Å². The van der Waals surface area contributed by atoms with E-state index in [-0.39, 0.29) is 17.9 Å². The molecule has 5 nitrogen and oxygen atoms in total. The summed E-state index contributed by atoms with van der Waals surface area (Å²) in [6, 6.07) is 8.02. The van der Waals surface area contributed by atoms with Gasteiger partial charge in [0.15, 0.2) is 0 Å². The molecule has 0 spiro atoms. The number of hydrogen-bond donors (Lipinski definition) is 2. The molecule has 0 aliphatic rings. The molecule has 1 aromatic carbocycles. The van der Waals surface area contributed by atoms with Gasteiger partial charge in [-0.1, -0.05) is 45.0 Å². The van der Waals surface area contributed by atoms with E-state index in [1.54, 1.807) is 0 Å². The molecule has 0 unspecified atom stereocenters. The zero-order chi connectivity index (χ0) is 15.9. The van der Waals surface area contributed by atoms with Gasteiger partial charge in [0.25, 0.3) is 0 Å². The van der Waals surface area contributed by atoms with E-state index in [4.69, 9.17) is 4.74 Å². The first-order valence-corrected chi connectivity index (χ1v) is 7.03. The standard InChI is InChI=1S/C16H24N2O3/c1-12(19)17-9-10-18-15(20)21-11-13-5-7-14(8-6-13)16(2,3)4/h5-8H,9-11H2,1-4H3,(H,17,19)(H,18,20). The van der Waals surface area contributed by atoms with Crippen LogP contribution in [0.2, 0.25) is 0 Å². The van der Waals surface area contributed by atoms with Gasteiger partial charge in [-0.15, -0.1) is 0 Å². The number of carbonyl (C=O) groups excluding carboxylic acids is 2. The highest BCUT2D eigenvalue weighted by atomic mass is 16.5. The summed E-state index contributed by atoms with van der Waals surface area (Å²) in [6.07, 6.45) is -0.486. The van der Waals surface area contributed by atoms with Gasteiger partial charge in [0, 0.05) is 20.0 Å². The quantitative estimate of drug-likeness (QED) is 0.819. The maximum atomic E-state index is 11.4. The van der Waals surface area contributed by atoms with Crippen molar-refractivity contribution in [1.82, 2.24) is 10.6 Å². The van der Waals surface area contributed by atoms with Gasteiger partial charge in [-0.25, -0.2) is 4.79 Å². The third-order valence-electron chi connectivity index (χ3n) is 2.96. The fourth-order valence-electron chi connectivity index (χ4n) is 1.70. The van der Waals surface area contributed by atoms with Crippen molar-refractivity contribution in [3.8, 4) is 0 Å². The molecule has 0 saturated carbocycles. The highest BCUT2D eigenvalue weighted by Crippen LogP contribution is 2.22. The van der Waals surface area contributed by atoms with Crippen molar-refractivity contribution >= 4 is 12.0 Å². The highest BCUT2D eigenvalue weighted by Gasteiger charge is 2.13. The van der Waals surface area contributed by atoms with E-state index in [1.165, 1.54) is 12.5 Å². The van der Waals surface area contributed by atoms with Gasteiger partial charge in [-0.05, 0) is 16.5 Å². The van der Waals surface area contributed by atoms with Crippen molar-refractivity contribution in [2.24, 2.45) is 0 Å². The smallest absolute Gasteiger partial charge is 0.407 e. The first-order valence-electron chi connectivity index (χ1n) is 7.03. The summed E-state index contributed by atoms with van der Waals surface area (Å²) in [5.74, 6) is -0.121. The second kappa shape index (κ2) is 7.67. The molecule has 0 radical (unpaired) electrons. The van der Waals surface area contributed by atoms with Crippen molar-refractivity contribution in [1.29, 1.82) is 0 Å². The Balaban J connectivity index is 2.31. The average Bonchev–Trinajstić information content (AvgIpc) is 2.40. The molecule has 21 heavy (non-hydrogen) atoms. The molecule has 116 valence electrons. The Morgan fingerprint density at radius 1 is 1.05 bits per heavy atom. The van der Waals surface area contributed by atoms with Crippen LogP contribution in [0, 0.1) is 0 Å². The second-order valence-electron chi connectivity index (χ2n) is 5.93. The van der Waals surface area contributed by atoms with E-state index in [1.807, 2.05) is 24.3 Å². The molecule has 0 atom stereocenters. The van der Waals surface area contributed by atoms with Crippen molar-refractivity contribution in [3.63, 3.8) is 0 Å². The second-order valence-corrected chi connectivity index (χ2v) is 5.93. The van der Waals surface area contributed by atoms with Crippen LogP contribution in [0.25, 0.3) is 0 Å². The number of carbonyl (C=O) groups is 2. The highest BCUT2D eigenvalue weighted by molar-refractivity contribution is 5.73. The van der Waals surface area contributed by atoms with Crippen LogP contribution in [-0.4, -0.2) is 25.1 Å². The van der Waals surface area contributed by atoms with Crippen LogP contribution >= 0.6 is 0 Å². The number of benzene rings is 1. The summed E-state index contributed by atoms with van der Waals surface area (Å²) in [4.78, 5) is 22.1. The molecule has 2 amide bonds. The zero-order valence-electron chi connectivity index (χ0n) is 13.2. The van der Waals surface area contributed by atoms with Crippen molar-refractivity contribution in [3.05, 3.63) is 35.4 Å². The molecule has 0 heterocycles. The van der Waals surface area contributed by atoms with Gasteiger partial charge in [0.05, 0.1) is 0 Å². The van der Waals surface area contributed by atoms with Crippen LogP contribution < -0.4 is 10.6 Å². The molecular formula is C16H24N2O3. The van der Waals surface area contributed by atoms with Crippen LogP contribution in [-0.2, 0) is 21.6 Å². The molecule has 0 aromatic heterocycles. The summed E-state index contributed by atoms with van der Waals surface area (Å²) in [5.41, 5.74) is 2.30. The number of nitrogens with one attached hydrogen (secondary N) is 2. The molecule has 2 N–H and O–H groups in total. The Kier molecular flexibility index (Phi) is 6.21. The SMILES string of the molecule is CC(=O)NCCNC(=O)OCc1ccc(C(C)(C)C)cc1. The maximum Gasteiger partial charge on any atom is 0.407 e. The fraction of sp³-hybridized carbons (Fsp3) is 0.500. The minimum atomic E-state index is -0.486. The molecule has 0 saturated heterocycles. The summed E-state index contributed by atoms with van der Waals surface area (Å²) >= 11 is 0. The predicted octanol–water partition coefficient (Wildman–Crippen LogP) is 2.35. The first kappa shape index (κ1) is 17.0. The van der Waals surface area contributed by atoms with Gasteiger partial charge < -0.3 is 15.4 Å². The van der Waals surface area contributed by atoms with Gasteiger partial charge in [0.2, 0.25) is 5.91 Å². The summed E-state index contributed by atoms with van der Waals surface area (Å²) in [6.45, 7) is 8.87. The number of hydrogen-bond acceptors (Lipinski definition) is 3. The van der Waals surface area contributed by atoms with E-state index in [0.29, 0.717) is 13.1 Å². The van der Waals surface area contributed by atoms with Crippen molar-refractivity contribution in [2.45, 2.75) is 39.7 Å². The third kappa shape index (κ3) is 6.79. The number of rotatable bonds is 5. The molecule has 0 aliphatic heterocycles.